The lowest BCUT2D eigenvalue weighted by Gasteiger charge is -2.38. The van der Waals surface area contributed by atoms with Gasteiger partial charge in [0.25, 0.3) is 0 Å². The van der Waals surface area contributed by atoms with E-state index >= 15 is 0 Å². The average Bonchev–Trinajstić information content (AvgIpc) is 2.67. The summed E-state index contributed by atoms with van der Waals surface area (Å²) in [4.78, 5) is 11.6. The molecular formula is C21H35FN6. The van der Waals surface area contributed by atoms with Crippen LogP contribution in [-0.2, 0) is 0 Å². The van der Waals surface area contributed by atoms with E-state index in [9.17, 15) is 4.39 Å². The highest BCUT2D eigenvalue weighted by atomic mass is 19.1. The van der Waals surface area contributed by atoms with Crippen molar-refractivity contribution < 1.29 is 4.39 Å². The third kappa shape index (κ3) is 5.35. The van der Waals surface area contributed by atoms with Crippen molar-refractivity contribution in [1.82, 2.24) is 20.4 Å². The number of nitrogens with zero attached hydrogens (tertiary/aromatic N) is 4. The zero-order valence-corrected chi connectivity index (χ0v) is 17.7. The molecule has 7 heteroatoms. The first kappa shape index (κ1) is 20.9. The lowest BCUT2D eigenvalue weighted by molar-refractivity contribution is 0.116. The molecule has 2 unspecified atom stereocenters. The van der Waals surface area contributed by atoms with E-state index in [0.717, 1.165) is 69.3 Å². The maximum absolute atomic E-state index is 13.4. The summed E-state index contributed by atoms with van der Waals surface area (Å²) in [5.41, 5.74) is 2.12. The Bertz CT molecular complexity index is 679. The smallest absolute Gasteiger partial charge is 0.191 e. The van der Waals surface area contributed by atoms with Crippen molar-refractivity contribution in [3.8, 4) is 0 Å². The number of guanidine groups is 1. The fourth-order valence-corrected chi connectivity index (χ4v) is 4.21. The Morgan fingerprint density at radius 1 is 1.21 bits per heavy atom. The fraction of sp³-hybridized carbons (Fsp3) is 0.667. The molecule has 2 aliphatic rings. The van der Waals surface area contributed by atoms with E-state index in [-0.39, 0.29) is 5.82 Å². The molecule has 2 atom stereocenters. The molecule has 3 rings (SSSR count). The summed E-state index contributed by atoms with van der Waals surface area (Å²) in [5, 5.41) is 7.11. The van der Waals surface area contributed by atoms with Gasteiger partial charge in [0, 0.05) is 64.1 Å². The Morgan fingerprint density at radius 3 is 2.79 bits per heavy atom. The standard InChI is InChI=1S/C21H35FN6/c1-16-12-17(22)7-8-20(16)28-9-5-6-18(14-28)25-21(23-2)24-13-19-15-26(3)10-11-27(19)4/h7-8,12,18-19H,5-6,9-11,13-15H2,1-4H3,(H2,23,24,25). The van der Waals surface area contributed by atoms with E-state index in [0.29, 0.717) is 12.1 Å². The number of rotatable bonds is 4. The summed E-state index contributed by atoms with van der Waals surface area (Å²) in [7, 11) is 6.21. The van der Waals surface area contributed by atoms with Gasteiger partial charge >= 0.3 is 0 Å². The maximum Gasteiger partial charge on any atom is 0.191 e. The van der Waals surface area contributed by atoms with Crippen molar-refractivity contribution in [3.05, 3.63) is 29.6 Å². The lowest BCUT2D eigenvalue weighted by Crippen LogP contribution is -2.57. The van der Waals surface area contributed by atoms with Crippen LogP contribution in [0.2, 0.25) is 0 Å². The number of hydrogen-bond donors (Lipinski definition) is 2. The third-order valence-corrected chi connectivity index (χ3v) is 5.97. The summed E-state index contributed by atoms with van der Waals surface area (Å²) < 4.78 is 13.4. The SMILES string of the molecule is CN=C(NCC1CN(C)CCN1C)NC1CCCN(c2ccc(F)cc2C)C1. The van der Waals surface area contributed by atoms with Crippen LogP contribution in [0, 0.1) is 12.7 Å². The first-order chi connectivity index (χ1) is 13.5. The average molecular weight is 391 g/mol. The van der Waals surface area contributed by atoms with Crippen LogP contribution < -0.4 is 15.5 Å². The number of aryl methyl sites for hydroxylation is 1. The van der Waals surface area contributed by atoms with Gasteiger partial charge in [0.15, 0.2) is 5.96 Å². The Balaban J connectivity index is 1.54. The van der Waals surface area contributed by atoms with Crippen LogP contribution in [0.1, 0.15) is 18.4 Å². The number of benzene rings is 1. The predicted octanol–water partition coefficient (Wildman–Crippen LogP) is 1.51. The van der Waals surface area contributed by atoms with Crippen LogP contribution in [0.4, 0.5) is 10.1 Å². The minimum Gasteiger partial charge on any atom is -0.369 e. The highest BCUT2D eigenvalue weighted by molar-refractivity contribution is 5.80. The van der Waals surface area contributed by atoms with Gasteiger partial charge in [0.1, 0.15) is 5.82 Å². The maximum atomic E-state index is 13.4. The molecule has 0 bridgehead atoms. The summed E-state index contributed by atoms with van der Waals surface area (Å²) >= 11 is 0. The Labute approximate surface area is 168 Å². The molecule has 0 spiro atoms. The molecule has 2 aliphatic heterocycles. The Kier molecular flexibility index (Phi) is 7.13. The number of aliphatic imine (C=N–C) groups is 1. The number of halogens is 1. The highest BCUT2D eigenvalue weighted by Gasteiger charge is 2.24. The molecule has 2 N–H and O–H groups in total. The highest BCUT2D eigenvalue weighted by Crippen LogP contribution is 2.24. The molecule has 28 heavy (non-hydrogen) atoms. The van der Waals surface area contributed by atoms with E-state index in [1.165, 1.54) is 0 Å². The number of hydrogen-bond acceptors (Lipinski definition) is 4. The zero-order valence-electron chi connectivity index (χ0n) is 17.7. The topological polar surface area (TPSA) is 46.1 Å². The van der Waals surface area contributed by atoms with Crippen LogP contribution in [-0.4, -0.2) is 88.3 Å². The molecular weight excluding hydrogens is 355 g/mol. The van der Waals surface area contributed by atoms with Gasteiger partial charge in [-0.05, 0) is 57.6 Å². The van der Waals surface area contributed by atoms with Crippen molar-refractivity contribution in [2.75, 3.05) is 65.3 Å². The first-order valence-corrected chi connectivity index (χ1v) is 10.3. The summed E-state index contributed by atoms with van der Waals surface area (Å²) in [6, 6.07) is 5.88. The van der Waals surface area contributed by atoms with Gasteiger partial charge in [0.2, 0.25) is 0 Å². The van der Waals surface area contributed by atoms with E-state index in [2.05, 4.69) is 44.4 Å². The van der Waals surface area contributed by atoms with Gasteiger partial charge < -0.3 is 20.4 Å². The van der Waals surface area contributed by atoms with E-state index in [1.54, 1.807) is 12.1 Å². The molecule has 1 aromatic rings. The normalized spacial score (nSPS) is 25.0. The van der Waals surface area contributed by atoms with Crippen molar-refractivity contribution in [3.63, 3.8) is 0 Å². The predicted molar refractivity (Wildman–Crippen MR) is 115 cm³/mol. The Hall–Kier alpha value is -1.86. The molecule has 156 valence electrons. The van der Waals surface area contributed by atoms with Crippen LogP contribution in [0.5, 0.6) is 0 Å². The van der Waals surface area contributed by atoms with Gasteiger partial charge in [-0.3, -0.25) is 9.89 Å². The van der Waals surface area contributed by atoms with E-state index < -0.39 is 0 Å². The zero-order chi connectivity index (χ0) is 20.1. The monoisotopic (exact) mass is 390 g/mol. The Morgan fingerprint density at radius 2 is 2.04 bits per heavy atom. The molecule has 0 aliphatic carbocycles. The van der Waals surface area contributed by atoms with Gasteiger partial charge in [-0.2, -0.15) is 0 Å². The van der Waals surface area contributed by atoms with Crippen molar-refractivity contribution in [2.24, 2.45) is 4.99 Å². The molecule has 2 saturated heterocycles. The number of piperidine rings is 1. The minimum atomic E-state index is -0.170. The number of nitrogens with one attached hydrogen (secondary N) is 2. The quantitative estimate of drug-likeness (QED) is 0.603. The second-order valence-corrected chi connectivity index (χ2v) is 8.21. The molecule has 2 fully saturated rings. The lowest BCUT2D eigenvalue weighted by atomic mass is 10.0. The summed E-state index contributed by atoms with van der Waals surface area (Å²) in [5.74, 6) is 0.695. The molecule has 0 radical (unpaired) electrons. The van der Waals surface area contributed by atoms with Crippen LogP contribution in [0.3, 0.4) is 0 Å². The van der Waals surface area contributed by atoms with Gasteiger partial charge in [-0.15, -0.1) is 0 Å². The van der Waals surface area contributed by atoms with Gasteiger partial charge in [0.05, 0.1) is 0 Å². The minimum absolute atomic E-state index is 0.170. The van der Waals surface area contributed by atoms with Gasteiger partial charge in [-0.25, -0.2) is 4.39 Å². The second-order valence-electron chi connectivity index (χ2n) is 8.21. The van der Waals surface area contributed by atoms with Crippen molar-refractivity contribution >= 4 is 11.6 Å². The summed E-state index contributed by atoms with van der Waals surface area (Å²) in [6.45, 7) is 8.07. The van der Waals surface area contributed by atoms with Crippen LogP contribution in [0.25, 0.3) is 0 Å². The summed E-state index contributed by atoms with van der Waals surface area (Å²) in [6.07, 6.45) is 2.23. The van der Waals surface area contributed by atoms with E-state index in [4.69, 9.17) is 0 Å². The number of piperazine rings is 1. The van der Waals surface area contributed by atoms with Crippen LogP contribution >= 0.6 is 0 Å². The number of anilines is 1. The van der Waals surface area contributed by atoms with E-state index in [1.807, 2.05) is 20.0 Å². The second kappa shape index (κ2) is 9.56. The number of likely N-dealkylation sites (N-methyl/N-ethyl adjacent to an activating group) is 2. The molecule has 0 saturated carbocycles. The molecule has 2 heterocycles. The molecule has 0 aromatic heterocycles. The molecule has 6 nitrogen and oxygen atoms in total. The third-order valence-electron chi connectivity index (χ3n) is 5.97. The van der Waals surface area contributed by atoms with Crippen molar-refractivity contribution in [2.45, 2.75) is 31.8 Å². The first-order valence-electron chi connectivity index (χ1n) is 10.3. The largest absolute Gasteiger partial charge is 0.369 e. The molecule has 1 aromatic carbocycles. The fourth-order valence-electron chi connectivity index (χ4n) is 4.21. The van der Waals surface area contributed by atoms with Gasteiger partial charge in [-0.1, -0.05) is 0 Å². The van der Waals surface area contributed by atoms with Crippen LogP contribution in [0.15, 0.2) is 23.2 Å². The molecule has 0 amide bonds. The van der Waals surface area contributed by atoms with Crippen molar-refractivity contribution in [1.29, 1.82) is 0 Å².